The molecule has 1 aromatic carbocycles. The van der Waals surface area contributed by atoms with Crippen LogP contribution in [0, 0.1) is 25.2 Å². The van der Waals surface area contributed by atoms with Gasteiger partial charge in [-0.15, -0.1) is 0 Å². The summed E-state index contributed by atoms with van der Waals surface area (Å²) >= 11 is 1.54. The number of nitrogens with one attached hydrogen (secondary N) is 2. The second kappa shape index (κ2) is 14.3. The lowest BCUT2D eigenvalue weighted by molar-refractivity contribution is -0.142. The van der Waals surface area contributed by atoms with E-state index in [4.69, 9.17) is 4.74 Å². The lowest BCUT2D eigenvalue weighted by Crippen LogP contribution is -2.54. The molecule has 204 valence electrons. The molecule has 0 aliphatic heterocycles. The zero-order valence-electron chi connectivity index (χ0n) is 23.1. The minimum absolute atomic E-state index is 0.0431. The minimum atomic E-state index is -0.995. The standard InChI is InChI=1S/C28H42N4O4S/c1-19-12-13-21(18-20(19)2)24(25(33)30-22-10-8-7-9-11-22)32(16-15-29)26(34)23(14-17-37-6)31-27(35)36-28(3,4)5/h12-13,18,22-24H,7-11,14,16-17H2,1-6H3,(H,30,33)(H,31,35). The SMILES string of the molecule is CSCCC(NC(=O)OC(C)(C)C)C(=O)N(CC#N)C(C(=O)NC1CCCCC1)c1ccc(C)c(C)c1. The van der Waals surface area contributed by atoms with E-state index in [-0.39, 0.29) is 18.5 Å². The van der Waals surface area contributed by atoms with E-state index in [9.17, 15) is 19.6 Å². The summed E-state index contributed by atoms with van der Waals surface area (Å²) in [5.74, 6) is -0.182. The maximum absolute atomic E-state index is 13.9. The molecular weight excluding hydrogens is 488 g/mol. The van der Waals surface area contributed by atoms with Gasteiger partial charge in [0.1, 0.15) is 24.2 Å². The molecule has 2 rings (SSSR count). The molecule has 37 heavy (non-hydrogen) atoms. The van der Waals surface area contributed by atoms with Crippen molar-refractivity contribution < 1.29 is 19.1 Å². The van der Waals surface area contributed by atoms with Crippen LogP contribution in [0.3, 0.4) is 0 Å². The summed E-state index contributed by atoms with van der Waals surface area (Å²) in [5.41, 5.74) is 1.97. The number of thioether (sulfide) groups is 1. The summed E-state index contributed by atoms with van der Waals surface area (Å²) in [6.07, 6.45) is 6.59. The fourth-order valence-corrected chi connectivity index (χ4v) is 4.92. The molecular formula is C28H42N4O4S. The highest BCUT2D eigenvalue weighted by Gasteiger charge is 2.37. The Balaban J connectivity index is 2.44. The van der Waals surface area contributed by atoms with Crippen molar-refractivity contribution in [2.75, 3.05) is 18.6 Å². The molecule has 0 aromatic heterocycles. The third kappa shape index (κ3) is 9.58. The second-order valence-electron chi connectivity index (χ2n) is 10.7. The highest BCUT2D eigenvalue weighted by Crippen LogP contribution is 2.27. The van der Waals surface area contributed by atoms with E-state index in [1.54, 1.807) is 32.5 Å². The maximum Gasteiger partial charge on any atom is 0.408 e. The molecule has 1 fully saturated rings. The largest absolute Gasteiger partial charge is 0.444 e. The first-order valence-electron chi connectivity index (χ1n) is 13.0. The lowest BCUT2D eigenvalue weighted by Gasteiger charge is -2.34. The van der Waals surface area contributed by atoms with Crippen LogP contribution in [0.4, 0.5) is 4.79 Å². The van der Waals surface area contributed by atoms with E-state index in [1.165, 1.54) is 4.90 Å². The molecule has 0 saturated heterocycles. The average molecular weight is 531 g/mol. The van der Waals surface area contributed by atoms with Gasteiger partial charge >= 0.3 is 6.09 Å². The summed E-state index contributed by atoms with van der Waals surface area (Å²) in [4.78, 5) is 41.5. The van der Waals surface area contributed by atoms with Gasteiger partial charge in [0.25, 0.3) is 0 Å². The predicted molar refractivity (Wildman–Crippen MR) is 147 cm³/mol. The van der Waals surface area contributed by atoms with Gasteiger partial charge in [-0.3, -0.25) is 9.59 Å². The van der Waals surface area contributed by atoms with E-state index in [2.05, 4.69) is 16.7 Å². The fourth-order valence-electron chi connectivity index (χ4n) is 4.45. The van der Waals surface area contributed by atoms with E-state index in [0.717, 1.165) is 43.2 Å². The van der Waals surface area contributed by atoms with E-state index in [1.807, 2.05) is 38.3 Å². The number of rotatable bonds is 10. The summed E-state index contributed by atoms with van der Waals surface area (Å²) in [7, 11) is 0. The number of aryl methyl sites for hydroxylation is 2. The topological polar surface area (TPSA) is 112 Å². The van der Waals surface area contributed by atoms with Crippen molar-refractivity contribution in [3.63, 3.8) is 0 Å². The van der Waals surface area contributed by atoms with Crippen molar-refractivity contribution in [2.24, 2.45) is 0 Å². The van der Waals surface area contributed by atoms with Gasteiger partial charge in [-0.2, -0.15) is 17.0 Å². The molecule has 8 nitrogen and oxygen atoms in total. The van der Waals surface area contributed by atoms with Gasteiger partial charge in [-0.1, -0.05) is 37.5 Å². The van der Waals surface area contributed by atoms with Crippen molar-refractivity contribution in [1.29, 1.82) is 5.26 Å². The quantitative estimate of drug-likeness (QED) is 0.421. The Morgan fingerprint density at radius 1 is 1.16 bits per heavy atom. The monoisotopic (exact) mass is 530 g/mol. The Morgan fingerprint density at radius 3 is 2.41 bits per heavy atom. The zero-order valence-corrected chi connectivity index (χ0v) is 23.9. The summed E-state index contributed by atoms with van der Waals surface area (Å²) in [5, 5.41) is 15.5. The molecule has 0 heterocycles. The zero-order chi connectivity index (χ0) is 27.6. The predicted octanol–water partition coefficient (Wildman–Crippen LogP) is 4.79. The molecule has 0 spiro atoms. The Bertz CT molecular complexity index is 979. The third-order valence-corrected chi connectivity index (χ3v) is 7.13. The molecule has 1 aliphatic rings. The molecule has 2 unspecified atom stereocenters. The van der Waals surface area contributed by atoms with Crippen LogP contribution in [-0.4, -0.2) is 59.0 Å². The van der Waals surface area contributed by atoms with Gasteiger partial charge in [0.05, 0.1) is 6.07 Å². The number of carbonyl (C=O) groups excluding carboxylic acids is 3. The molecule has 0 radical (unpaired) electrons. The number of amides is 3. The average Bonchev–Trinajstić information content (AvgIpc) is 2.82. The number of nitriles is 1. The number of hydrogen-bond acceptors (Lipinski definition) is 6. The van der Waals surface area contributed by atoms with Gasteiger partial charge in [-0.25, -0.2) is 4.79 Å². The molecule has 3 amide bonds. The number of hydrogen-bond donors (Lipinski definition) is 2. The van der Waals surface area contributed by atoms with Crippen LogP contribution < -0.4 is 10.6 Å². The Hall–Kier alpha value is -2.73. The van der Waals surface area contributed by atoms with Crippen molar-refractivity contribution in [2.45, 2.75) is 96.9 Å². The first kappa shape index (κ1) is 30.5. The first-order chi connectivity index (χ1) is 17.5. The Morgan fingerprint density at radius 2 is 1.84 bits per heavy atom. The number of benzene rings is 1. The van der Waals surface area contributed by atoms with Gasteiger partial charge in [0.2, 0.25) is 11.8 Å². The number of ether oxygens (including phenoxy) is 1. The van der Waals surface area contributed by atoms with Crippen LogP contribution in [0.25, 0.3) is 0 Å². The Kier molecular flexibility index (Phi) is 11.8. The van der Waals surface area contributed by atoms with Crippen molar-refractivity contribution >= 4 is 29.7 Å². The highest BCUT2D eigenvalue weighted by atomic mass is 32.2. The van der Waals surface area contributed by atoms with Crippen molar-refractivity contribution in [3.8, 4) is 6.07 Å². The maximum atomic E-state index is 13.9. The number of carbonyl (C=O) groups is 3. The number of nitrogens with zero attached hydrogens (tertiary/aromatic N) is 2. The smallest absolute Gasteiger partial charge is 0.408 e. The van der Waals surface area contributed by atoms with Crippen LogP contribution in [0.1, 0.15) is 82.0 Å². The molecule has 2 atom stereocenters. The molecule has 2 N–H and O–H groups in total. The fraction of sp³-hybridized carbons (Fsp3) is 0.643. The summed E-state index contributed by atoms with van der Waals surface area (Å²) < 4.78 is 5.39. The van der Waals surface area contributed by atoms with Crippen molar-refractivity contribution in [3.05, 3.63) is 34.9 Å². The van der Waals surface area contributed by atoms with Crippen LogP contribution in [-0.2, 0) is 14.3 Å². The summed E-state index contributed by atoms with van der Waals surface area (Å²) in [6, 6.07) is 5.83. The Labute approximate surface area is 225 Å². The van der Waals surface area contributed by atoms with Gasteiger partial charge < -0.3 is 20.3 Å². The van der Waals surface area contributed by atoms with E-state index < -0.39 is 29.7 Å². The normalized spacial score (nSPS) is 15.7. The molecule has 1 aromatic rings. The molecule has 1 aliphatic carbocycles. The molecule has 1 saturated carbocycles. The second-order valence-corrected chi connectivity index (χ2v) is 11.7. The third-order valence-electron chi connectivity index (χ3n) is 6.48. The molecule has 0 bridgehead atoms. The van der Waals surface area contributed by atoms with Crippen LogP contribution >= 0.6 is 11.8 Å². The summed E-state index contributed by atoms with van der Waals surface area (Å²) in [6.45, 7) is 8.89. The molecule has 9 heteroatoms. The van der Waals surface area contributed by atoms with E-state index >= 15 is 0 Å². The first-order valence-corrected chi connectivity index (χ1v) is 14.4. The number of alkyl carbamates (subject to hydrolysis) is 1. The van der Waals surface area contributed by atoms with Gasteiger partial charge in [0.15, 0.2) is 0 Å². The lowest BCUT2D eigenvalue weighted by atomic mass is 9.94. The minimum Gasteiger partial charge on any atom is -0.444 e. The van der Waals surface area contributed by atoms with Gasteiger partial charge in [-0.05, 0) is 82.6 Å². The highest BCUT2D eigenvalue weighted by molar-refractivity contribution is 7.98. The van der Waals surface area contributed by atoms with E-state index in [0.29, 0.717) is 17.7 Å². The van der Waals surface area contributed by atoms with Crippen LogP contribution in [0.5, 0.6) is 0 Å². The van der Waals surface area contributed by atoms with Crippen molar-refractivity contribution in [1.82, 2.24) is 15.5 Å². The van der Waals surface area contributed by atoms with Crippen LogP contribution in [0.2, 0.25) is 0 Å². The van der Waals surface area contributed by atoms with Gasteiger partial charge in [0, 0.05) is 6.04 Å². The van der Waals surface area contributed by atoms with Crippen LogP contribution in [0.15, 0.2) is 18.2 Å².